The Morgan fingerprint density at radius 1 is 1.18 bits per heavy atom. The van der Waals surface area contributed by atoms with Crippen molar-refractivity contribution < 1.29 is 14.1 Å². The number of nitrogens with two attached hydrogens (primary N) is 1. The lowest BCUT2D eigenvalue weighted by Crippen LogP contribution is -2.22. The van der Waals surface area contributed by atoms with Crippen LogP contribution in [0.15, 0.2) is 35.2 Å². The third kappa shape index (κ3) is 6.57. The fourth-order valence-corrected chi connectivity index (χ4v) is 4.38. The van der Waals surface area contributed by atoms with Gasteiger partial charge in [-0.2, -0.15) is 10.1 Å². The van der Waals surface area contributed by atoms with Crippen molar-refractivity contribution in [1.82, 2.24) is 29.7 Å². The minimum absolute atomic E-state index is 0.317. The molecule has 0 bridgehead atoms. The van der Waals surface area contributed by atoms with Crippen LogP contribution in [0.3, 0.4) is 0 Å². The second kappa shape index (κ2) is 13.9. The molecule has 0 aliphatic heterocycles. The van der Waals surface area contributed by atoms with Gasteiger partial charge in [-0.1, -0.05) is 31.8 Å². The predicted molar refractivity (Wildman–Crippen MR) is 145 cm³/mol. The first-order valence-corrected chi connectivity index (χ1v) is 12.8. The summed E-state index contributed by atoms with van der Waals surface area (Å²) in [5, 5.41) is 14.1. The largest absolute Gasteiger partial charge is 0.339 e. The number of aromatic nitrogens is 6. The summed E-state index contributed by atoms with van der Waals surface area (Å²) in [6, 6.07) is 3.25. The van der Waals surface area contributed by atoms with Crippen LogP contribution < -0.4 is 16.4 Å². The van der Waals surface area contributed by atoms with Crippen molar-refractivity contribution in [2.24, 2.45) is 5.73 Å². The molecule has 12 nitrogen and oxygen atoms in total. The summed E-state index contributed by atoms with van der Waals surface area (Å²) < 4.78 is 6.98. The SMILES string of the molecule is CC.CN.Cc1cc(NC(=O)Nc2cnc3ccnn3c2C2CCCC2)cnc1-c1noc(CCC=O)n1. The quantitative estimate of drug-likeness (QED) is 0.296. The number of urea groups is 1. The Morgan fingerprint density at radius 2 is 1.95 bits per heavy atom. The summed E-state index contributed by atoms with van der Waals surface area (Å²) in [6.45, 7) is 5.85. The molecule has 1 saturated carbocycles. The van der Waals surface area contributed by atoms with Gasteiger partial charge in [-0.3, -0.25) is 4.98 Å². The number of hydrogen-bond acceptors (Lipinski definition) is 9. The zero-order valence-electron chi connectivity index (χ0n) is 22.3. The van der Waals surface area contributed by atoms with E-state index in [0.29, 0.717) is 47.5 Å². The lowest BCUT2D eigenvalue weighted by molar-refractivity contribution is -0.107. The number of nitrogens with one attached hydrogen (secondary N) is 2. The zero-order valence-corrected chi connectivity index (χ0v) is 22.3. The summed E-state index contributed by atoms with van der Waals surface area (Å²) in [6.07, 6.45) is 10.9. The van der Waals surface area contributed by atoms with Gasteiger partial charge in [0.1, 0.15) is 12.0 Å². The second-order valence-electron chi connectivity index (χ2n) is 8.33. The van der Waals surface area contributed by atoms with E-state index >= 15 is 0 Å². The summed E-state index contributed by atoms with van der Waals surface area (Å²) in [5.74, 6) is 1.05. The molecule has 4 aromatic heterocycles. The molecule has 5 rings (SSSR count). The van der Waals surface area contributed by atoms with E-state index in [1.807, 2.05) is 31.4 Å². The molecule has 0 radical (unpaired) electrons. The maximum atomic E-state index is 12.8. The predicted octanol–water partition coefficient (Wildman–Crippen LogP) is 4.52. The van der Waals surface area contributed by atoms with Crippen LogP contribution in [-0.2, 0) is 11.2 Å². The molecule has 1 aliphatic rings. The third-order valence-electron chi connectivity index (χ3n) is 5.93. The molecular formula is C26H35N9O3. The van der Waals surface area contributed by atoms with Gasteiger partial charge in [-0.25, -0.2) is 14.3 Å². The number of hydrogen-bond donors (Lipinski definition) is 3. The molecule has 4 aromatic rings. The van der Waals surface area contributed by atoms with Gasteiger partial charge in [0.15, 0.2) is 5.65 Å². The second-order valence-corrected chi connectivity index (χ2v) is 8.33. The first kappa shape index (κ1) is 28.4. The first-order valence-electron chi connectivity index (χ1n) is 12.8. The fraction of sp³-hybridized carbons (Fsp3) is 0.423. The molecule has 2 amide bonds. The van der Waals surface area contributed by atoms with Crippen LogP contribution in [0.5, 0.6) is 0 Å². The highest BCUT2D eigenvalue weighted by molar-refractivity contribution is 6.00. The van der Waals surface area contributed by atoms with Crippen molar-refractivity contribution in [2.75, 3.05) is 17.7 Å². The lowest BCUT2D eigenvalue weighted by Gasteiger charge is -2.17. The number of carbonyl (C=O) groups is 2. The topological polar surface area (TPSA) is 166 Å². The molecule has 1 aliphatic carbocycles. The van der Waals surface area contributed by atoms with Gasteiger partial charge in [0.25, 0.3) is 0 Å². The lowest BCUT2D eigenvalue weighted by atomic mass is 10.0. The van der Waals surface area contributed by atoms with E-state index < -0.39 is 6.03 Å². The van der Waals surface area contributed by atoms with E-state index in [2.05, 4.69) is 41.6 Å². The standard InChI is InChI=1S/C23H24N8O3.C2H6.CH5N/c1-14-11-16(12-25-20(14)22-29-19(34-30-22)7-4-10-32)27-23(33)28-17-13-24-18-8-9-26-31(18)21(17)15-5-2-3-6-15;2*1-2/h8-13,15H,2-7H2,1H3,(H2,27,28,33);1-2H3;2H2,1H3. The van der Waals surface area contributed by atoms with E-state index in [-0.39, 0.29) is 0 Å². The fourth-order valence-electron chi connectivity index (χ4n) is 4.38. The normalized spacial score (nSPS) is 12.8. The Kier molecular flexibility index (Phi) is 10.4. The van der Waals surface area contributed by atoms with Crippen molar-refractivity contribution >= 4 is 29.3 Å². The monoisotopic (exact) mass is 521 g/mol. The Morgan fingerprint density at radius 3 is 2.66 bits per heavy atom. The maximum Gasteiger partial charge on any atom is 0.323 e. The number of amides is 2. The first-order chi connectivity index (χ1) is 18.6. The Labute approximate surface area is 221 Å². The van der Waals surface area contributed by atoms with E-state index in [0.717, 1.165) is 48.9 Å². The number of aryl methyl sites for hydroxylation is 2. The van der Waals surface area contributed by atoms with Gasteiger partial charge in [0.05, 0.1) is 35.7 Å². The van der Waals surface area contributed by atoms with Crippen LogP contribution in [0.1, 0.15) is 69.0 Å². The highest BCUT2D eigenvalue weighted by Crippen LogP contribution is 2.37. The summed E-state index contributed by atoms with van der Waals surface area (Å²) >= 11 is 0. The van der Waals surface area contributed by atoms with Gasteiger partial charge in [0.2, 0.25) is 11.7 Å². The van der Waals surface area contributed by atoms with E-state index in [9.17, 15) is 9.59 Å². The van der Waals surface area contributed by atoms with Crippen molar-refractivity contribution in [1.29, 1.82) is 0 Å². The van der Waals surface area contributed by atoms with Crippen molar-refractivity contribution in [3.8, 4) is 11.5 Å². The molecule has 12 heteroatoms. The molecule has 38 heavy (non-hydrogen) atoms. The van der Waals surface area contributed by atoms with Gasteiger partial charge >= 0.3 is 6.03 Å². The zero-order chi connectivity index (χ0) is 27.5. The number of rotatable bonds is 7. The number of nitrogens with zero attached hydrogens (tertiary/aromatic N) is 6. The number of carbonyl (C=O) groups excluding carboxylic acids is 2. The Bertz CT molecular complexity index is 1340. The molecule has 0 unspecified atom stereocenters. The van der Waals surface area contributed by atoms with Gasteiger partial charge in [0, 0.05) is 24.8 Å². The number of fused-ring (bicyclic) bond motifs is 1. The average molecular weight is 522 g/mol. The van der Waals surface area contributed by atoms with Crippen LogP contribution in [0.25, 0.3) is 17.2 Å². The number of anilines is 2. The minimum atomic E-state index is -0.391. The summed E-state index contributed by atoms with van der Waals surface area (Å²) in [4.78, 5) is 36.4. The van der Waals surface area contributed by atoms with E-state index in [1.54, 1.807) is 18.5 Å². The Balaban J connectivity index is 0.000000956. The van der Waals surface area contributed by atoms with Crippen LogP contribution in [0, 0.1) is 6.92 Å². The highest BCUT2D eigenvalue weighted by Gasteiger charge is 2.24. The highest BCUT2D eigenvalue weighted by atomic mass is 16.5. The molecule has 0 saturated heterocycles. The average Bonchev–Trinajstić information content (AvgIpc) is 3.72. The van der Waals surface area contributed by atoms with E-state index in [1.165, 1.54) is 13.2 Å². The molecule has 202 valence electrons. The van der Waals surface area contributed by atoms with Gasteiger partial charge in [-0.15, -0.1) is 0 Å². The van der Waals surface area contributed by atoms with Crippen LogP contribution >= 0.6 is 0 Å². The van der Waals surface area contributed by atoms with Crippen LogP contribution in [0.4, 0.5) is 16.2 Å². The molecule has 1 fully saturated rings. The smallest absolute Gasteiger partial charge is 0.323 e. The maximum absolute atomic E-state index is 12.8. The number of aldehydes is 1. The molecular weight excluding hydrogens is 486 g/mol. The molecule has 0 aromatic carbocycles. The van der Waals surface area contributed by atoms with Crippen molar-refractivity contribution in [3.63, 3.8) is 0 Å². The third-order valence-corrected chi connectivity index (χ3v) is 5.93. The van der Waals surface area contributed by atoms with Crippen LogP contribution in [0.2, 0.25) is 0 Å². The number of pyridine rings is 1. The summed E-state index contributed by atoms with van der Waals surface area (Å²) in [7, 11) is 1.50. The molecule has 4 heterocycles. The van der Waals surface area contributed by atoms with Crippen LogP contribution in [-0.4, -0.2) is 49.1 Å². The summed E-state index contributed by atoms with van der Waals surface area (Å²) in [5.41, 5.74) is 8.74. The van der Waals surface area contributed by atoms with Gasteiger partial charge in [-0.05, 0) is 38.4 Å². The molecule has 0 spiro atoms. The van der Waals surface area contributed by atoms with Crippen molar-refractivity contribution in [2.45, 2.75) is 65.2 Å². The Hall–Kier alpha value is -4.19. The van der Waals surface area contributed by atoms with Crippen molar-refractivity contribution in [3.05, 3.63) is 47.9 Å². The van der Waals surface area contributed by atoms with E-state index in [4.69, 9.17) is 4.52 Å². The molecule has 4 N–H and O–H groups in total. The minimum Gasteiger partial charge on any atom is -0.339 e. The van der Waals surface area contributed by atoms with Gasteiger partial charge < -0.3 is 25.7 Å². The molecule has 0 atom stereocenters.